The Kier molecular flexibility index (Phi) is 5.70. The Morgan fingerprint density at radius 3 is 2.17 bits per heavy atom. The second-order valence-corrected chi connectivity index (χ2v) is 9.47. The summed E-state index contributed by atoms with van der Waals surface area (Å²) in [5, 5.41) is 7.60. The number of sulfone groups is 1. The summed E-state index contributed by atoms with van der Waals surface area (Å²) in [5.41, 5.74) is 0. The van der Waals surface area contributed by atoms with Gasteiger partial charge in [0.1, 0.15) is 5.25 Å². The molecule has 0 unspecified atom stereocenters. The molecule has 1 saturated carbocycles. The van der Waals surface area contributed by atoms with E-state index in [2.05, 4.69) is 0 Å². The predicted octanol–water partition coefficient (Wildman–Crippen LogP) is 1.69. The molecular formula is C16H27NO5S. The fraction of sp³-hybridized carbons (Fsp3) is 0.875. The van der Waals surface area contributed by atoms with Gasteiger partial charge in [0.05, 0.1) is 11.2 Å². The third-order valence-corrected chi connectivity index (χ3v) is 7.92. The molecule has 0 aromatic rings. The summed E-state index contributed by atoms with van der Waals surface area (Å²) in [6, 6.07) is 0. The molecule has 1 heterocycles. The quantitative estimate of drug-likeness (QED) is 0.819. The van der Waals surface area contributed by atoms with Crippen molar-refractivity contribution in [3.8, 4) is 0 Å². The fourth-order valence-electron chi connectivity index (χ4n) is 3.75. The van der Waals surface area contributed by atoms with Gasteiger partial charge >= 0.3 is 5.97 Å². The number of hydrogen-bond donors (Lipinski definition) is 1. The van der Waals surface area contributed by atoms with Gasteiger partial charge in [0.2, 0.25) is 5.91 Å². The van der Waals surface area contributed by atoms with Gasteiger partial charge in [0.25, 0.3) is 0 Å². The van der Waals surface area contributed by atoms with Crippen LogP contribution in [-0.2, 0) is 19.4 Å². The average Bonchev–Trinajstić information content (AvgIpc) is 2.97. The van der Waals surface area contributed by atoms with Crippen molar-refractivity contribution in [3.05, 3.63) is 0 Å². The molecule has 1 amide bonds. The monoisotopic (exact) mass is 345 g/mol. The highest BCUT2D eigenvalue weighted by molar-refractivity contribution is 7.93. The van der Waals surface area contributed by atoms with Crippen LogP contribution >= 0.6 is 0 Å². The highest BCUT2D eigenvalue weighted by Crippen LogP contribution is 2.30. The Morgan fingerprint density at radius 1 is 1.09 bits per heavy atom. The van der Waals surface area contributed by atoms with Crippen molar-refractivity contribution in [2.45, 2.75) is 62.9 Å². The van der Waals surface area contributed by atoms with Gasteiger partial charge in [-0.3, -0.25) is 9.59 Å². The van der Waals surface area contributed by atoms with Crippen molar-refractivity contribution in [1.82, 2.24) is 4.90 Å². The van der Waals surface area contributed by atoms with Gasteiger partial charge in [-0.1, -0.05) is 33.1 Å². The van der Waals surface area contributed by atoms with Crippen molar-refractivity contribution >= 4 is 21.7 Å². The highest BCUT2D eigenvalue weighted by Gasteiger charge is 2.44. The van der Waals surface area contributed by atoms with Gasteiger partial charge in [-0.2, -0.15) is 0 Å². The molecule has 0 radical (unpaired) electrons. The number of amides is 1. The van der Waals surface area contributed by atoms with E-state index in [4.69, 9.17) is 5.11 Å². The summed E-state index contributed by atoms with van der Waals surface area (Å²) >= 11 is 0. The van der Waals surface area contributed by atoms with Gasteiger partial charge in [-0.15, -0.1) is 0 Å². The van der Waals surface area contributed by atoms with Crippen molar-refractivity contribution < 1.29 is 23.1 Å². The molecule has 23 heavy (non-hydrogen) atoms. The maximum atomic E-state index is 13.0. The zero-order valence-corrected chi connectivity index (χ0v) is 14.7. The lowest BCUT2D eigenvalue weighted by molar-refractivity contribution is -0.141. The molecular weight excluding hydrogens is 318 g/mol. The second-order valence-electron chi connectivity index (χ2n) is 7.12. The number of carboxylic acids is 1. The number of nitrogens with zero attached hydrogens (tertiary/aromatic N) is 1. The smallest absolute Gasteiger partial charge is 0.308 e. The molecule has 6 nitrogen and oxygen atoms in total. The van der Waals surface area contributed by atoms with E-state index in [-0.39, 0.29) is 12.5 Å². The predicted molar refractivity (Wildman–Crippen MR) is 86.7 cm³/mol. The Balaban J connectivity index is 2.17. The molecule has 132 valence electrons. The Labute approximate surface area is 138 Å². The molecule has 0 bridgehead atoms. The molecule has 1 aliphatic carbocycles. The first-order valence-electron chi connectivity index (χ1n) is 8.49. The van der Waals surface area contributed by atoms with E-state index >= 15 is 0 Å². The van der Waals surface area contributed by atoms with Gasteiger partial charge in [0, 0.05) is 13.1 Å². The molecule has 1 saturated heterocycles. The maximum Gasteiger partial charge on any atom is 0.308 e. The molecule has 0 spiro atoms. The van der Waals surface area contributed by atoms with Gasteiger partial charge in [-0.25, -0.2) is 8.42 Å². The van der Waals surface area contributed by atoms with Gasteiger partial charge in [-0.05, 0) is 25.2 Å². The largest absolute Gasteiger partial charge is 0.481 e. The van der Waals surface area contributed by atoms with Crippen molar-refractivity contribution in [2.75, 3.05) is 13.1 Å². The minimum Gasteiger partial charge on any atom is -0.481 e. The highest BCUT2D eigenvalue weighted by atomic mass is 32.2. The first-order valence-corrected chi connectivity index (χ1v) is 10.1. The summed E-state index contributed by atoms with van der Waals surface area (Å²) in [4.78, 5) is 25.3. The van der Waals surface area contributed by atoms with Crippen molar-refractivity contribution in [1.29, 1.82) is 0 Å². The van der Waals surface area contributed by atoms with Crippen LogP contribution in [0.1, 0.15) is 52.4 Å². The maximum absolute atomic E-state index is 13.0. The molecule has 2 rings (SSSR count). The van der Waals surface area contributed by atoms with Gasteiger partial charge < -0.3 is 10.0 Å². The van der Waals surface area contributed by atoms with Crippen LogP contribution in [0, 0.1) is 11.8 Å². The molecule has 2 aliphatic rings. The van der Waals surface area contributed by atoms with Crippen LogP contribution in [0.4, 0.5) is 0 Å². The lowest BCUT2D eigenvalue weighted by Gasteiger charge is -2.31. The molecule has 2 fully saturated rings. The zero-order chi connectivity index (χ0) is 17.2. The summed E-state index contributed by atoms with van der Waals surface area (Å²) in [7, 11) is -3.54. The lowest BCUT2D eigenvalue weighted by atomic mass is 10.0. The van der Waals surface area contributed by atoms with Crippen LogP contribution in [0.5, 0.6) is 0 Å². The minimum absolute atomic E-state index is 0.123. The number of carboxylic acid groups (broad SMARTS) is 1. The van der Waals surface area contributed by atoms with Gasteiger partial charge in [0.15, 0.2) is 9.84 Å². The Morgan fingerprint density at radius 2 is 1.70 bits per heavy atom. The molecule has 0 aromatic heterocycles. The molecule has 2 atom stereocenters. The van der Waals surface area contributed by atoms with Crippen LogP contribution in [0.25, 0.3) is 0 Å². The number of carbonyl (C=O) groups excluding carboxylic acids is 1. The van der Waals surface area contributed by atoms with Crippen LogP contribution in [0.3, 0.4) is 0 Å². The number of likely N-dealkylation sites (tertiary alicyclic amines) is 1. The number of hydrogen-bond acceptors (Lipinski definition) is 4. The van der Waals surface area contributed by atoms with Crippen LogP contribution in [-0.4, -0.2) is 53.9 Å². The van der Waals surface area contributed by atoms with E-state index in [1.54, 1.807) is 13.8 Å². The summed E-state index contributed by atoms with van der Waals surface area (Å²) < 4.78 is 26.0. The van der Waals surface area contributed by atoms with E-state index in [0.29, 0.717) is 25.8 Å². The van der Waals surface area contributed by atoms with E-state index in [1.165, 1.54) is 4.90 Å². The minimum atomic E-state index is -3.54. The van der Waals surface area contributed by atoms with Crippen LogP contribution in [0.2, 0.25) is 0 Å². The number of carbonyl (C=O) groups is 2. The third-order valence-electron chi connectivity index (χ3n) is 5.07. The van der Waals surface area contributed by atoms with E-state index in [0.717, 1.165) is 19.3 Å². The fourth-order valence-corrected chi connectivity index (χ4v) is 6.34. The topological polar surface area (TPSA) is 91.8 Å². The second kappa shape index (κ2) is 7.20. The zero-order valence-electron chi connectivity index (χ0n) is 13.9. The Hall–Kier alpha value is -1.11. The summed E-state index contributed by atoms with van der Waals surface area (Å²) in [6.45, 7) is 3.97. The summed E-state index contributed by atoms with van der Waals surface area (Å²) in [5.74, 6) is -2.21. The molecule has 0 aromatic carbocycles. The van der Waals surface area contributed by atoms with Crippen molar-refractivity contribution in [3.63, 3.8) is 0 Å². The lowest BCUT2D eigenvalue weighted by Crippen LogP contribution is -2.48. The summed E-state index contributed by atoms with van der Waals surface area (Å²) in [6.07, 6.45) is 4.52. The molecule has 7 heteroatoms. The normalized spacial score (nSPS) is 24.8. The first-order chi connectivity index (χ1) is 10.7. The van der Waals surface area contributed by atoms with Crippen LogP contribution < -0.4 is 0 Å². The third kappa shape index (κ3) is 3.87. The average molecular weight is 345 g/mol. The first kappa shape index (κ1) is 18.2. The number of rotatable bonds is 5. The Bertz CT molecular complexity index is 551. The van der Waals surface area contributed by atoms with E-state index < -0.39 is 38.1 Å². The SMILES string of the molecule is CC(C)[C@H](C(=O)N1CC[C@H](C(=O)O)C1)S(=O)(=O)C1CCCCC1. The van der Waals surface area contributed by atoms with E-state index in [9.17, 15) is 18.0 Å². The van der Waals surface area contributed by atoms with Crippen molar-refractivity contribution in [2.24, 2.45) is 11.8 Å². The standard InChI is InChI=1S/C16H27NO5S/c1-11(2)14(23(21,22)13-6-4-3-5-7-13)15(18)17-9-8-12(10-17)16(19)20/h11-14H,3-10H2,1-2H3,(H,19,20)/t12-,14+/m0/s1. The molecule has 1 aliphatic heterocycles. The van der Waals surface area contributed by atoms with Crippen LogP contribution in [0.15, 0.2) is 0 Å². The molecule has 1 N–H and O–H groups in total. The van der Waals surface area contributed by atoms with E-state index in [1.807, 2.05) is 0 Å². The number of aliphatic carboxylic acids is 1.